The van der Waals surface area contributed by atoms with Gasteiger partial charge in [-0.2, -0.15) is 0 Å². The molecule has 1 aromatic carbocycles. The molecule has 1 saturated heterocycles. The van der Waals surface area contributed by atoms with Crippen molar-refractivity contribution >= 4 is 17.1 Å². The molecule has 1 aliphatic rings. The molecular formula is C23H29N5O. The van der Waals surface area contributed by atoms with Crippen LogP contribution in [0.5, 0.6) is 0 Å². The molecule has 3 aromatic rings. The zero-order chi connectivity index (χ0) is 20.2. The van der Waals surface area contributed by atoms with Gasteiger partial charge in [0.25, 0.3) is 5.91 Å². The van der Waals surface area contributed by atoms with Gasteiger partial charge in [0.15, 0.2) is 5.65 Å². The molecule has 0 spiro atoms. The van der Waals surface area contributed by atoms with Crippen molar-refractivity contribution in [1.82, 2.24) is 24.3 Å². The summed E-state index contributed by atoms with van der Waals surface area (Å²) in [6, 6.07) is 12.1. The molecule has 0 aliphatic carbocycles. The lowest BCUT2D eigenvalue weighted by molar-refractivity contribution is 0.0663. The van der Waals surface area contributed by atoms with Crippen LogP contribution in [0.25, 0.3) is 11.2 Å². The van der Waals surface area contributed by atoms with Crippen molar-refractivity contribution in [3.8, 4) is 0 Å². The average Bonchev–Trinajstić information content (AvgIpc) is 3.14. The van der Waals surface area contributed by atoms with E-state index in [9.17, 15) is 4.79 Å². The highest BCUT2D eigenvalue weighted by molar-refractivity contribution is 5.96. The van der Waals surface area contributed by atoms with Gasteiger partial charge in [-0.1, -0.05) is 30.3 Å². The van der Waals surface area contributed by atoms with E-state index in [-0.39, 0.29) is 5.91 Å². The number of hydrogen-bond donors (Lipinski definition) is 0. The van der Waals surface area contributed by atoms with Crippen LogP contribution in [0.3, 0.4) is 0 Å². The van der Waals surface area contributed by atoms with Crippen molar-refractivity contribution in [2.24, 2.45) is 5.92 Å². The van der Waals surface area contributed by atoms with Gasteiger partial charge in [-0.05, 0) is 57.5 Å². The second-order valence-corrected chi connectivity index (χ2v) is 8.28. The summed E-state index contributed by atoms with van der Waals surface area (Å²) in [6.45, 7) is 3.46. The lowest BCUT2D eigenvalue weighted by atomic mass is 9.94. The van der Waals surface area contributed by atoms with Crippen molar-refractivity contribution < 1.29 is 4.79 Å². The number of pyridine rings is 1. The van der Waals surface area contributed by atoms with Crippen LogP contribution in [0.4, 0.5) is 0 Å². The summed E-state index contributed by atoms with van der Waals surface area (Å²) in [4.78, 5) is 26.3. The van der Waals surface area contributed by atoms with E-state index < -0.39 is 0 Å². The molecular weight excluding hydrogens is 362 g/mol. The molecule has 3 heterocycles. The van der Waals surface area contributed by atoms with Crippen molar-refractivity contribution in [3.63, 3.8) is 0 Å². The molecule has 0 radical (unpaired) electrons. The quantitative estimate of drug-likeness (QED) is 0.647. The molecule has 0 N–H and O–H groups in total. The van der Waals surface area contributed by atoms with Crippen molar-refractivity contribution in [3.05, 3.63) is 60.0 Å². The first-order chi connectivity index (χ1) is 14.1. The Hall–Kier alpha value is -2.73. The summed E-state index contributed by atoms with van der Waals surface area (Å²) in [5.41, 5.74) is 3.42. The summed E-state index contributed by atoms with van der Waals surface area (Å²) in [7, 11) is 4.20. The van der Waals surface area contributed by atoms with E-state index in [4.69, 9.17) is 0 Å². The van der Waals surface area contributed by atoms with Gasteiger partial charge < -0.3 is 14.4 Å². The van der Waals surface area contributed by atoms with Gasteiger partial charge in [0, 0.05) is 19.3 Å². The fraction of sp³-hybridized carbons (Fsp3) is 0.435. The fourth-order valence-corrected chi connectivity index (χ4v) is 4.07. The smallest absolute Gasteiger partial charge is 0.255 e. The number of hydrogen-bond acceptors (Lipinski definition) is 4. The minimum Gasteiger partial charge on any atom is -0.338 e. The Kier molecular flexibility index (Phi) is 5.90. The number of nitrogens with zero attached hydrogens (tertiary/aromatic N) is 5. The standard InChI is InChI=1S/C23H29N5O/c1-26(2)12-10-19-9-6-11-27(15-19)23(29)20-13-21-22(24-14-20)28(17-25-21)16-18-7-4-3-5-8-18/h3-5,7-8,13-14,17,19H,6,9-12,15-16H2,1-2H3. The molecule has 6 nitrogen and oxygen atoms in total. The van der Waals surface area contributed by atoms with Crippen LogP contribution in [0.15, 0.2) is 48.9 Å². The highest BCUT2D eigenvalue weighted by Gasteiger charge is 2.25. The molecule has 1 atom stereocenters. The molecule has 152 valence electrons. The lowest BCUT2D eigenvalue weighted by Crippen LogP contribution is -2.40. The number of likely N-dealkylation sites (tertiary alicyclic amines) is 1. The first-order valence-corrected chi connectivity index (χ1v) is 10.4. The van der Waals surface area contributed by atoms with E-state index in [1.165, 1.54) is 12.0 Å². The topological polar surface area (TPSA) is 54.3 Å². The monoisotopic (exact) mass is 391 g/mol. The molecule has 2 aromatic heterocycles. The van der Waals surface area contributed by atoms with Gasteiger partial charge in [-0.25, -0.2) is 9.97 Å². The second kappa shape index (κ2) is 8.74. The number of rotatable bonds is 6. The molecule has 1 unspecified atom stereocenters. The maximum absolute atomic E-state index is 13.1. The Morgan fingerprint density at radius 1 is 1.21 bits per heavy atom. The van der Waals surface area contributed by atoms with Gasteiger partial charge in [-0.3, -0.25) is 4.79 Å². The van der Waals surface area contributed by atoms with Gasteiger partial charge in [0.1, 0.15) is 5.52 Å². The van der Waals surface area contributed by atoms with Crippen LogP contribution in [0, 0.1) is 5.92 Å². The minimum absolute atomic E-state index is 0.0755. The number of fused-ring (bicyclic) bond motifs is 1. The second-order valence-electron chi connectivity index (χ2n) is 8.28. The van der Waals surface area contributed by atoms with Gasteiger partial charge >= 0.3 is 0 Å². The Morgan fingerprint density at radius 3 is 2.83 bits per heavy atom. The number of carbonyl (C=O) groups excluding carboxylic acids is 1. The van der Waals surface area contributed by atoms with Crippen LogP contribution in [-0.2, 0) is 6.54 Å². The Morgan fingerprint density at radius 2 is 2.03 bits per heavy atom. The summed E-state index contributed by atoms with van der Waals surface area (Å²) in [5.74, 6) is 0.656. The maximum Gasteiger partial charge on any atom is 0.255 e. The third-order valence-corrected chi connectivity index (χ3v) is 5.69. The molecule has 0 bridgehead atoms. The van der Waals surface area contributed by atoms with Crippen LogP contribution in [0.1, 0.15) is 35.2 Å². The highest BCUT2D eigenvalue weighted by atomic mass is 16.2. The normalized spacial score (nSPS) is 17.2. The Labute approximate surface area is 172 Å². The van der Waals surface area contributed by atoms with E-state index in [1.807, 2.05) is 33.7 Å². The first kappa shape index (κ1) is 19.6. The summed E-state index contributed by atoms with van der Waals surface area (Å²) in [6.07, 6.45) is 6.93. The SMILES string of the molecule is CN(C)CCC1CCCN(C(=O)c2cnc3c(c2)ncn3Cc2ccccc2)C1. The summed E-state index contributed by atoms with van der Waals surface area (Å²) in [5, 5.41) is 0. The number of benzene rings is 1. The number of aromatic nitrogens is 3. The highest BCUT2D eigenvalue weighted by Crippen LogP contribution is 2.22. The summed E-state index contributed by atoms with van der Waals surface area (Å²) >= 11 is 0. The molecule has 6 heteroatoms. The number of piperidine rings is 1. The maximum atomic E-state index is 13.1. The van der Waals surface area contributed by atoms with E-state index in [0.29, 0.717) is 11.5 Å². The first-order valence-electron chi connectivity index (χ1n) is 10.4. The molecule has 0 saturated carbocycles. The van der Waals surface area contributed by atoms with Crippen molar-refractivity contribution in [2.45, 2.75) is 25.8 Å². The molecule has 1 aliphatic heterocycles. The van der Waals surface area contributed by atoms with Gasteiger partial charge in [0.05, 0.1) is 18.4 Å². The van der Waals surface area contributed by atoms with E-state index in [0.717, 1.165) is 50.2 Å². The Balaban J connectivity index is 1.47. The van der Waals surface area contributed by atoms with E-state index in [2.05, 4.69) is 41.1 Å². The molecule has 1 amide bonds. The summed E-state index contributed by atoms with van der Waals surface area (Å²) < 4.78 is 2.02. The molecule has 4 rings (SSSR count). The van der Waals surface area contributed by atoms with Crippen LogP contribution in [0.2, 0.25) is 0 Å². The van der Waals surface area contributed by atoms with Gasteiger partial charge in [-0.15, -0.1) is 0 Å². The fourth-order valence-electron chi connectivity index (χ4n) is 4.07. The molecule has 29 heavy (non-hydrogen) atoms. The van der Waals surface area contributed by atoms with Gasteiger partial charge in [0.2, 0.25) is 0 Å². The minimum atomic E-state index is 0.0755. The van der Waals surface area contributed by atoms with Crippen LogP contribution in [-0.4, -0.2) is 64.0 Å². The van der Waals surface area contributed by atoms with Crippen LogP contribution < -0.4 is 0 Å². The molecule has 1 fully saturated rings. The van der Waals surface area contributed by atoms with E-state index in [1.54, 1.807) is 12.5 Å². The van der Waals surface area contributed by atoms with E-state index >= 15 is 0 Å². The number of imidazole rings is 1. The number of amides is 1. The largest absolute Gasteiger partial charge is 0.338 e. The average molecular weight is 392 g/mol. The van der Waals surface area contributed by atoms with Crippen LogP contribution >= 0.6 is 0 Å². The zero-order valence-corrected chi connectivity index (χ0v) is 17.3. The number of carbonyl (C=O) groups is 1. The predicted octanol–water partition coefficient (Wildman–Crippen LogP) is 3.28. The van der Waals surface area contributed by atoms with Crippen molar-refractivity contribution in [1.29, 1.82) is 0 Å². The van der Waals surface area contributed by atoms with Crippen molar-refractivity contribution in [2.75, 3.05) is 33.7 Å². The lowest BCUT2D eigenvalue weighted by Gasteiger charge is -2.33. The zero-order valence-electron chi connectivity index (χ0n) is 17.3. The third-order valence-electron chi connectivity index (χ3n) is 5.69. The third kappa shape index (κ3) is 4.65. The Bertz CT molecular complexity index is 966. The predicted molar refractivity (Wildman–Crippen MR) is 115 cm³/mol.